The topological polar surface area (TPSA) is 122 Å². The summed E-state index contributed by atoms with van der Waals surface area (Å²) in [5.41, 5.74) is 13.0. The van der Waals surface area contributed by atoms with Crippen molar-refractivity contribution in [1.82, 2.24) is 19.9 Å². The Labute approximate surface area is 393 Å². The van der Waals surface area contributed by atoms with Crippen LogP contribution in [0.15, 0.2) is 146 Å². The van der Waals surface area contributed by atoms with Crippen LogP contribution in [-0.2, 0) is 32.7 Å². The lowest BCUT2D eigenvalue weighted by Crippen LogP contribution is -2.50. The molecule has 352 valence electrons. The zero-order chi connectivity index (χ0) is 49.9. The van der Waals surface area contributed by atoms with E-state index in [0.717, 1.165) is 5.56 Å². The van der Waals surface area contributed by atoms with Crippen molar-refractivity contribution in [2.24, 2.45) is 5.73 Å². The molecule has 0 spiro atoms. The van der Waals surface area contributed by atoms with Crippen LogP contribution in [0.5, 0.6) is 0 Å². The first-order valence-corrected chi connectivity index (χ1v) is 22.4. The van der Waals surface area contributed by atoms with Gasteiger partial charge in [-0.05, 0) is 63.0 Å². The molecule has 0 aliphatic rings. The standard InChI is InChI=1S/C11H16.C10H14N2O.C9H13NO.C9H13N.C9H14N.C8H12N2/c1-9-6-5-7-10(8-9)11(2,3)4;1-10(2,3)12-6-4-5-8(7-12)9(11)13;1-9(2,3)7-4-5-8(11)10-6-7;1-9(2,3)8-5-4-6-10-7-8;1-9(2,3)10-7-5-4-6-8-10;1-8(2,3)7-4-9-6-10-5-7/h5-8H,1-4H3;4-7H,1-3H3,(H-,11,13);4-6H,1-3H3,(H,10,11);4-7H,1-3H3;4-8H,1-3H3;4-6H,1-3H3/q;;;;+1;/p+1. The summed E-state index contributed by atoms with van der Waals surface area (Å²) in [7, 11) is 0. The number of aryl methyl sites for hydroxylation is 1. The lowest BCUT2D eigenvalue weighted by atomic mass is 9.86. The van der Waals surface area contributed by atoms with Crippen molar-refractivity contribution in [1.29, 1.82) is 0 Å². The number of hydrogen-bond donors (Lipinski definition) is 2. The van der Waals surface area contributed by atoms with Crippen LogP contribution in [-0.4, -0.2) is 25.8 Å². The molecule has 0 fully saturated rings. The van der Waals surface area contributed by atoms with Crippen LogP contribution in [0.25, 0.3) is 0 Å². The fourth-order valence-electron chi connectivity index (χ4n) is 5.37. The Morgan fingerprint density at radius 3 is 1.37 bits per heavy atom. The maximum absolute atomic E-state index is 10.9. The number of nitrogens with zero attached hydrogens (tertiary/aromatic N) is 5. The molecule has 0 atom stereocenters. The van der Waals surface area contributed by atoms with Crippen molar-refractivity contribution in [2.75, 3.05) is 0 Å². The number of carbonyl (C=O) groups is 1. The number of rotatable bonds is 1. The lowest BCUT2D eigenvalue weighted by Gasteiger charge is -2.19. The van der Waals surface area contributed by atoms with Crippen LogP contribution in [0, 0.1) is 6.92 Å². The average molecular weight is 886 g/mol. The van der Waals surface area contributed by atoms with Gasteiger partial charge in [0.15, 0.2) is 35.9 Å². The van der Waals surface area contributed by atoms with E-state index in [4.69, 9.17) is 5.73 Å². The normalized spacial score (nSPS) is 11.5. The third kappa shape index (κ3) is 23.6. The number of nitrogens with two attached hydrogens (primary N) is 1. The Kier molecular flexibility index (Phi) is 22.0. The average Bonchev–Trinajstić information content (AvgIpc) is 3.21. The number of aromatic amines is 1. The SMILES string of the molecule is CC(C)(C)[n+]1cccc(C(N)=O)c1.CC(C)(C)[n+]1ccccc1.CC(C)(C)c1ccc(=O)[nH]c1.CC(C)(C)c1cccnc1.CC(C)(C)c1cncnc1.Cc1cccc(C(C)(C)C)c1. The summed E-state index contributed by atoms with van der Waals surface area (Å²) in [5, 5.41) is 0. The van der Waals surface area contributed by atoms with Gasteiger partial charge >= 0.3 is 0 Å². The second-order valence-corrected chi connectivity index (χ2v) is 22.2. The molecule has 5 aromatic heterocycles. The zero-order valence-electron chi connectivity index (χ0n) is 43.4. The van der Waals surface area contributed by atoms with Crippen LogP contribution >= 0.6 is 0 Å². The quantitative estimate of drug-likeness (QED) is 0.159. The van der Waals surface area contributed by atoms with Crippen LogP contribution in [0.3, 0.4) is 0 Å². The number of amides is 1. The van der Waals surface area contributed by atoms with Crippen LogP contribution in [0.2, 0.25) is 0 Å². The number of nitrogens with one attached hydrogen (secondary N) is 1. The van der Waals surface area contributed by atoms with Crippen molar-refractivity contribution in [3.8, 4) is 0 Å². The van der Waals surface area contributed by atoms with Gasteiger partial charge in [-0.2, -0.15) is 4.57 Å². The number of H-pyrrole nitrogens is 1. The summed E-state index contributed by atoms with van der Waals surface area (Å²) in [6.45, 7) is 40.9. The first-order valence-electron chi connectivity index (χ1n) is 22.4. The molecule has 0 saturated heterocycles. The van der Waals surface area contributed by atoms with Crippen molar-refractivity contribution < 1.29 is 13.9 Å². The molecule has 65 heavy (non-hydrogen) atoms. The van der Waals surface area contributed by atoms with E-state index in [1.807, 2.05) is 65.8 Å². The second kappa shape index (κ2) is 25.0. The number of aromatic nitrogens is 6. The number of benzene rings is 1. The molecule has 0 aliphatic carbocycles. The first kappa shape index (κ1) is 57.2. The summed E-state index contributed by atoms with van der Waals surface area (Å²) < 4.78 is 4.15. The van der Waals surface area contributed by atoms with Gasteiger partial charge in [-0.1, -0.05) is 131 Å². The molecule has 1 aromatic carbocycles. The van der Waals surface area contributed by atoms with E-state index in [9.17, 15) is 9.59 Å². The Morgan fingerprint density at radius 2 is 1.02 bits per heavy atom. The highest BCUT2D eigenvalue weighted by Crippen LogP contribution is 2.23. The maximum Gasteiger partial charge on any atom is 0.254 e. The van der Waals surface area contributed by atoms with Crippen LogP contribution in [0.4, 0.5) is 0 Å². The molecule has 5 heterocycles. The summed E-state index contributed by atoms with van der Waals surface area (Å²) in [6, 6.07) is 25.8. The second-order valence-electron chi connectivity index (χ2n) is 22.2. The Bertz CT molecular complexity index is 2180. The van der Waals surface area contributed by atoms with Gasteiger partial charge in [-0.3, -0.25) is 14.6 Å². The molecule has 0 bridgehead atoms. The molecule has 0 saturated carbocycles. The maximum atomic E-state index is 10.9. The summed E-state index contributed by atoms with van der Waals surface area (Å²) >= 11 is 0. The van der Waals surface area contributed by atoms with Crippen molar-refractivity contribution in [3.05, 3.63) is 185 Å². The largest absolute Gasteiger partial charge is 0.365 e. The first-order chi connectivity index (χ1) is 29.7. The highest BCUT2D eigenvalue weighted by Gasteiger charge is 2.22. The van der Waals surface area contributed by atoms with E-state index in [0.29, 0.717) is 5.56 Å². The highest BCUT2D eigenvalue weighted by molar-refractivity contribution is 5.92. The van der Waals surface area contributed by atoms with Crippen molar-refractivity contribution in [3.63, 3.8) is 0 Å². The van der Waals surface area contributed by atoms with E-state index in [1.54, 1.807) is 37.1 Å². The minimum Gasteiger partial charge on any atom is -0.365 e. The molecular formula is C56H83N7O2+2. The summed E-state index contributed by atoms with van der Waals surface area (Å²) in [6.07, 6.45) is 18.6. The van der Waals surface area contributed by atoms with Gasteiger partial charge in [-0.25, -0.2) is 14.5 Å². The number of pyridine rings is 4. The zero-order valence-corrected chi connectivity index (χ0v) is 43.4. The highest BCUT2D eigenvalue weighted by atomic mass is 16.1. The lowest BCUT2D eigenvalue weighted by molar-refractivity contribution is -0.754. The predicted octanol–water partition coefficient (Wildman–Crippen LogP) is 11.7. The Hall–Kier alpha value is -5.83. The third-order valence-electron chi connectivity index (χ3n) is 9.84. The molecule has 9 heteroatoms. The molecule has 0 unspecified atom stereocenters. The molecule has 6 aromatic rings. The van der Waals surface area contributed by atoms with Gasteiger partial charge in [0.1, 0.15) is 11.9 Å². The molecule has 6 rings (SSSR count). The minimum absolute atomic E-state index is 0.0224. The van der Waals surface area contributed by atoms with Gasteiger partial charge in [0.2, 0.25) is 5.56 Å². The third-order valence-corrected chi connectivity index (χ3v) is 9.84. The predicted molar refractivity (Wildman–Crippen MR) is 271 cm³/mol. The van der Waals surface area contributed by atoms with Gasteiger partial charge in [0, 0.05) is 96.8 Å². The number of primary amides is 1. The Balaban J connectivity index is 0.000000391. The van der Waals surface area contributed by atoms with Crippen LogP contribution < -0.4 is 20.4 Å². The molecule has 0 radical (unpaired) electrons. The van der Waals surface area contributed by atoms with E-state index >= 15 is 0 Å². The molecule has 1 amide bonds. The van der Waals surface area contributed by atoms with Gasteiger partial charge < -0.3 is 10.7 Å². The van der Waals surface area contributed by atoms with E-state index in [1.165, 1.54) is 22.3 Å². The molecule has 3 N–H and O–H groups in total. The summed E-state index contributed by atoms with van der Waals surface area (Å²) in [5.74, 6) is -0.390. The molecule has 0 aliphatic heterocycles. The van der Waals surface area contributed by atoms with E-state index < -0.39 is 5.91 Å². The minimum atomic E-state index is -0.390. The number of hydrogen-bond acceptors (Lipinski definition) is 5. The Morgan fingerprint density at radius 1 is 0.523 bits per heavy atom. The number of carbonyl (C=O) groups excluding carboxylic acids is 1. The van der Waals surface area contributed by atoms with Gasteiger partial charge in [0.05, 0.1) is 0 Å². The van der Waals surface area contributed by atoms with Gasteiger partial charge in [-0.15, -0.1) is 0 Å². The fraction of sp³-hybridized carbons (Fsp3) is 0.446. The smallest absolute Gasteiger partial charge is 0.254 e. The summed E-state index contributed by atoms with van der Waals surface area (Å²) in [4.78, 5) is 36.2. The molecular weight excluding hydrogens is 803 g/mol. The van der Waals surface area contributed by atoms with Gasteiger partial charge in [0.25, 0.3) is 5.91 Å². The van der Waals surface area contributed by atoms with Crippen molar-refractivity contribution >= 4 is 5.91 Å². The van der Waals surface area contributed by atoms with E-state index in [-0.39, 0.29) is 38.3 Å². The van der Waals surface area contributed by atoms with Crippen molar-refractivity contribution in [2.45, 2.75) is 164 Å². The monoisotopic (exact) mass is 886 g/mol. The molecule has 9 nitrogen and oxygen atoms in total. The fourth-order valence-corrected chi connectivity index (χ4v) is 5.37. The van der Waals surface area contributed by atoms with E-state index in [2.05, 4.69) is 199 Å². The van der Waals surface area contributed by atoms with Crippen LogP contribution in [0.1, 0.15) is 163 Å².